The monoisotopic (exact) mass is 326 g/mol. The summed E-state index contributed by atoms with van der Waals surface area (Å²) in [6.45, 7) is 4.85. The van der Waals surface area contributed by atoms with Crippen LogP contribution in [0.3, 0.4) is 0 Å². The van der Waals surface area contributed by atoms with Gasteiger partial charge in [0.1, 0.15) is 6.61 Å². The fraction of sp³-hybridized carbons (Fsp3) is 0.300. The van der Waals surface area contributed by atoms with Crippen molar-refractivity contribution in [3.05, 3.63) is 71.8 Å². The van der Waals surface area contributed by atoms with Crippen LogP contribution in [-0.2, 0) is 19.9 Å². The minimum absolute atomic E-state index is 0.168. The summed E-state index contributed by atoms with van der Waals surface area (Å²) in [6.07, 6.45) is -0.228. The third-order valence-electron chi connectivity index (χ3n) is 3.56. The Balaban J connectivity index is 2.55. The van der Waals surface area contributed by atoms with E-state index < -0.39 is 11.6 Å². The van der Waals surface area contributed by atoms with Crippen molar-refractivity contribution >= 4 is 11.8 Å². The molecule has 0 aromatic heterocycles. The molecule has 0 aliphatic carbocycles. The van der Waals surface area contributed by atoms with Gasteiger partial charge in [0.2, 0.25) is 5.78 Å². The molecule has 1 atom stereocenters. The highest BCUT2D eigenvalue weighted by Crippen LogP contribution is 2.32. The van der Waals surface area contributed by atoms with Crippen LogP contribution in [0.1, 0.15) is 36.7 Å². The SMILES string of the molecule is CC(=O)OCC(OC(C)C)(C(=O)c1ccccc1)c1ccccc1. The first-order valence-corrected chi connectivity index (χ1v) is 7.92. The number of hydrogen-bond donors (Lipinski definition) is 0. The summed E-state index contributed by atoms with van der Waals surface area (Å²) >= 11 is 0. The van der Waals surface area contributed by atoms with Crippen LogP contribution in [0.5, 0.6) is 0 Å². The van der Waals surface area contributed by atoms with Gasteiger partial charge in [-0.2, -0.15) is 0 Å². The second-order valence-electron chi connectivity index (χ2n) is 5.84. The van der Waals surface area contributed by atoms with Crippen molar-refractivity contribution in [2.24, 2.45) is 0 Å². The minimum atomic E-state index is -1.37. The zero-order valence-corrected chi connectivity index (χ0v) is 14.2. The molecule has 24 heavy (non-hydrogen) atoms. The van der Waals surface area contributed by atoms with Crippen molar-refractivity contribution < 1.29 is 19.1 Å². The van der Waals surface area contributed by atoms with Crippen LogP contribution < -0.4 is 0 Å². The highest BCUT2D eigenvalue weighted by atomic mass is 16.6. The highest BCUT2D eigenvalue weighted by Gasteiger charge is 2.44. The van der Waals surface area contributed by atoms with Gasteiger partial charge in [-0.3, -0.25) is 9.59 Å². The van der Waals surface area contributed by atoms with E-state index in [0.29, 0.717) is 11.1 Å². The van der Waals surface area contributed by atoms with Gasteiger partial charge < -0.3 is 9.47 Å². The lowest BCUT2D eigenvalue weighted by atomic mass is 9.86. The van der Waals surface area contributed by atoms with E-state index in [4.69, 9.17) is 9.47 Å². The molecule has 0 bridgehead atoms. The summed E-state index contributed by atoms with van der Waals surface area (Å²) < 4.78 is 11.3. The molecule has 0 saturated carbocycles. The number of benzene rings is 2. The Morgan fingerprint density at radius 3 is 2.00 bits per heavy atom. The van der Waals surface area contributed by atoms with E-state index in [1.54, 1.807) is 24.3 Å². The van der Waals surface area contributed by atoms with Crippen molar-refractivity contribution in [1.29, 1.82) is 0 Å². The molecule has 0 heterocycles. The molecule has 0 aliphatic heterocycles. The average molecular weight is 326 g/mol. The molecule has 2 aromatic rings. The molecule has 4 heteroatoms. The fourth-order valence-corrected chi connectivity index (χ4v) is 2.57. The molecule has 0 aliphatic rings. The van der Waals surface area contributed by atoms with Gasteiger partial charge in [0, 0.05) is 12.5 Å². The van der Waals surface area contributed by atoms with E-state index in [2.05, 4.69) is 0 Å². The zero-order chi connectivity index (χ0) is 17.6. The quantitative estimate of drug-likeness (QED) is 0.574. The summed E-state index contributed by atoms with van der Waals surface area (Å²) in [7, 11) is 0. The Morgan fingerprint density at radius 2 is 1.50 bits per heavy atom. The number of ether oxygens (including phenoxy) is 2. The summed E-state index contributed by atoms with van der Waals surface area (Å²) in [5.41, 5.74) is -0.203. The van der Waals surface area contributed by atoms with Gasteiger partial charge in [-0.05, 0) is 19.4 Å². The highest BCUT2D eigenvalue weighted by molar-refractivity contribution is 6.03. The summed E-state index contributed by atoms with van der Waals surface area (Å²) in [5, 5.41) is 0. The predicted molar refractivity (Wildman–Crippen MR) is 91.7 cm³/mol. The van der Waals surface area contributed by atoms with Gasteiger partial charge in [0.05, 0.1) is 6.10 Å². The number of carbonyl (C=O) groups is 2. The normalized spacial score (nSPS) is 13.3. The zero-order valence-electron chi connectivity index (χ0n) is 14.2. The first-order chi connectivity index (χ1) is 11.5. The van der Waals surface area contributed by atoms with E-state index in [9.17, 15) is 9.59 Å². The number of carbonyl (C=O) groups excluding carboxylic acids is 2. The number of ketones is 1. The molecule has 1 unspecified atom stereocenters. The number of Topliss-reactive ketones (excluding diaryl/α,β-unsaturated/α-hetero) is 1. The topological polar surface area (TPSA) is 52.6 Å². The number of rotatable bonds is 7. The lowest BCUT2D eigenvalue weighted by Gasteiger charge is -2.34. The van der Waals surface area contributed by atoms with E-state index in [1.165, 1.54) is 6.92 Å². The van der Waals surface area contributed by atoms with Gasteiger partial charge in [0.15, 0.2) is 5.60 Å². The number of hydrogen-bond acceptors (Lipinski definition) is 4. The van der Waals surface area contributed by atoms with Crippen LogP contribution in [0.2, 0.25) is 0 Å². The fourth-order valence-electron chi connectivity index (χ4n) is 2.57. The maximum Gasteiger partial charge on any atom is 0.302 e. The van der Waals surface area contributed by atoms with E-state index in [0.717, 1.165) is 0 Å². The summed E-state index contributed by atoms with van der Waals surface area (Å²) in [6, 6.07) is 18.1. The van der Waals surface area contributed by atoms with Crippen molar-refractivity contribution in [3.63, 3.8) is 0 Å². The third kappa shape index (κ3) is 4.09. The van der Waals surface area contributed by atoms with Crippen molar-refractivity contribution in [3.8, 4) is 0 Å². The van der Waals surface area contributed by atoms with Crippen molar-refractivity contribution in [2.45, 2.75) is 32.5 Å². The molecule has 0 N–H and O–H groups in total. The molecule has 0 radical (unpaired) electrons. The lowest BCUT2D eigenvalue weighted by molar-refractivity contribution is -0.153. The summed E-state index contributed by atoms with van der Waals surface area (Å²) in [5.74, 6) is -0.687. The maximum absolute atomic E-state index is 13.3. The standard InChI is InChI=1S/C20H22O4/c1-15(2)24-20(14-23-16(3)21,18-12-8-5-9-13-18)19(22)17-10-6-4-7-11-17/h4-13,15H,14H2,1-3H3. The molecule has 0 amide bonds. The van der Waals surface area contributed by atoms with Crippen LogP contribution in [0.4, 0.5) is 0 Å². The largest absolute Gasteiger partial charge is 0.462 e. The molecular formula is C20H22O4. The van der Waals surface area contributed by atoms with Crippen LogP contribution in [0, 0.1) is 0 Å². The van der Waals surface area contributed by atoms with Crippen LogP contribution in [0.15, 0.2) is 60.7 Å². The smallest absolute Gasteiger partial charge is 0.302 e. The molecule has 0 saturated heterocycles. The van der Waals surface area contributed by atoms with Crippen LogP contribution in [0.25, 0.3) is 0 Å². The molecule has 0 fully saturated rings. The molecule has 2 rings (SSSR count). The van der Waals surface area contributed by atoms with Gasteiger partial charge >= 0.3 is 5.97 Å². The Hall–Kier alpha value is -2.46. The molecule has 0 spiro atoms. The van der Waals surface area contributed by atoms with Crippen LogP contribution >= 0.6 is 0 Å². The number of esters is 1. The average Bonchev–Trinajstić information content (AvgIpc) is 2.59. The molecule has 126 valence electrons. The summed E-state index contributed by atoms with van der Waals surface area (Å²) in [4.78, 5) is 24.7. The molecule has 2 aromatic carbocycles. The van der Waals surface area contributed by atoms with Crippen LogP contribution in [-0.4, -0.2) is 24.5 Å². The minimum Gasteiger partial charge on any atom is -0.462 e. The van der Waals surface area contributed by atoms with E-state index in [-0.39, 0.29) is 18.5 Å². The first kappa shape index (κ1) is 17.9. The third-order valence-corrected chi connectivity index (χ3v) is 3.56. The van der Waals surface area contributed by atoms with Gasteiger partial charge in [-0.15, -0.1) is 0 Å². The second-order valence-corrected chi connectivity index (χ2v) is 5.84. The van der Waals surface area contributed by atoms with E-state index >= 15 is 0 Å². The predicted octanol–water partition coefficient (Wildman–Crippen LogP) is 3.75. The Bertz CT molecular complexity index is 679. The van der Waals surface area contributed by atoms with Crippen molar-refractivity contribution in [1.82, 2.24) is 0 Å². The first-order valence-electron chi connectivity index (χ1n) is 7.92. The lowest BCUT2D eigenvalue weighted by Crippen LogP contribution is -2.45. The maximum atomic E-state index is 13.3. The van der Waals surface area contributed by atoms with Gasteiger partial charge in [-0.1, -0.05) is 60.7 Å². The van der Waals surface area contributed by atoms with Crippen molar-refractivity contribution in [2.75, 3.05) is 6.61 Å². The Morgan fingerprint density at radius 1 is 0.958 bits per heavy atom. The Labute approximate surface area is 142 Å². The Kier molecular flexibility index (Phi) is 5.88. The van der Waals surface area contributed by atoms with Gasteiger partial charge in [-0.25, -0.2) is 0 Å². The molecular weight excluding hydrogens is 304 g/mol. The van der Waals surface area contributed by atoms with Gasteiger partial charge in [0.25, 0.3) is 0 Å². The van der Waals surface area contributed by atoms with E-state index in [1.807, 2.05) is 50.2 Å². The second kappa shape index (κ2) is 7.88. The molecule has 4 nitrogen and oxygen atoms in total.